The van der Waals surface area contributed by atoms with E-state index in [0.29, 0.717) is 19.4 Å². The highest BCUT2D eigenvalue weighted by atomic mass is 32.2. The molecule has 0 N–H and O–H groups in total. The lowest BCUT2D eigenvalue weighted by molar-refractivity contribution is -0.123. The Balaban J connectivity index is 1.70. The van der Waals surface area contributed by atoms with Crippen molar-refractivity contribution in [3.63, 3.8) is 0 Å². The minimum Gasteiger partial charge on any atom is -0.312 e. The number of rotatable bonds is 7. The molecule has 2 aromatic carbocycles. The van der Waals surface area contributed by atoms with E-state index < -0.39 is 15.8 Å². The van der Waals surface area contributed by atoms with Gasteiger partial charge in [-0.3, -0.25) is 4.79 Å². The van der Waals surface area contributed by atoms with Crippen molar-refractivity contribution in [3.8, 4) is 0 Å². The molecule has 29 heavy (non-hydrogen) atoms. The third-order valence-electron chi connectivity index (χ3n) is 5.33. The standard InChI is InChI=1S/C22H27FN2O3S/c1-2-3-15-25(19-9-5-4-6-10-19)22(26)18-13-16-24(17-14-18)29(27,28)21-12-8-7-11-20(21)23/h4-12,18H,2-3,13-17H2,1H3. The van der Waals surface area contributed by atoms with Crippen molar-refractivity contribution < 1.29 is 17.6 Å². The molecule has 1 heterocycles. The Bertz CT molecular complexity index is 926. The molecule has 1 saturated heterocycles. The summed E-state index contributed by atoms with van der Waals surface area (Å²) in [5.41, 5.74) is 0.868. The summed E-state index contributed by atoms with van der Waals surface area (Å²) in [6.07, 6.45) is 2.75. The molecule has 0 unspecified atom stereocenters. The molecule has 156 valence electrons. The van der Waals surface area contributed by atoms with Crippen LogP contribution in [0, 0.1) is 11.7 Å². The number of sulfonamides is 1. The number of para-hydroxylation sites is 1. The van der Waals surface area contributed by atoms with Gasteiger partial charge in [0.1, 0.15) is 10.7 Å². The quantitative estimate of drug-likeness (QED) is 0.681. The second-order valence-electron chi connectivity index (χ2n) is 7.29. The summed E-state index contributed by atoms with van der Waals surface area (Å²) >= 11 is 0. The van der Waals surface area contributed by atoms with E-state index in [4.69, 9.17) is 0 Å². The van der Waals surface area contributed by atoms with Gasteiger partial charge in [0.2, 0.25) is 15.9 Å². The molecule has 0 bridgehead atoms. The van der Waals surface area contributed by atoms with Crippen LogP contribution in [0.3, 0.4) is 0 Å². The van der Waals surface area contributed by atoms with Crippen LogP contribution in [-0.2, 0) is 14.8 Å². The second kappa shape index (κ2) is 9.50. The molecule has 3 rings (SSSR count). The number of amides is 1. The molecule has 1 fully saturated rings. The van der Waals surface area contributed by atoms with Crippen LogP contribution in [0.5, 0.6) is 0 Å². The topological polar surface area (TPSA) is 57.7 Å². The number of piperidine rings is 1. The first kappa shape index (κ1) is 21.5. The highest BCUT2D eigenvalue weighted by Crippen LogP contribution is 2.28. The Morgan fingerprint density at radius 2 is 1.69 bits per heavy atom. The zero-order chi connectivity index (χ0) is 20.9. The molecule has 7 heteroatoms. The van der Waals surface area contributed by atoms with Crippen molar-refractivity contribution in [2.75, 3.05) is 24.5 Å². The molecule has 0 atom stereocenters. The van der Waals surface area contributed by atoms with Crippen LogP contribution in [0.25, 0.3) is 0 Å². The summed E-state index contributed by atoms with van der Waals surface area (Å²) in [6.45, 7) is 3.15. The third-order valence-corrected chi connectivity index (χ3v) is 7.26. The van der Waals surface area contributed by atoms with Gasteiger partial charge >= 0.3 is 0 Å². The molecule has 1 aliphatic heterocycles. The van der Waals surface area contributed by atoms with Crippen LogP contribution < -0.4 is 4.90 Å². The van der Waals surface area contributed by atoms with Gasteiger partial charge < -0.3 is 4.90 Å². The van der Waals surface area contributed by atoms with E-state index in [2.05, 4.69) is 6.92 Å². The number of hydrogen-bond donors (Lipinski definition) is 0. The lowest BCUT2D eigenvalue weighted by Crippen LogP contribution is -2.45. The largest absolute Gasteiger partial charge is 0.312 e. The fourth-order valence-electron chi connectivity index (χ4n) is 3.65. The van der Waals surface area contributed by atoms with Gasteiger partial charge in [-0.25, -0.2) is 12.8 Å². The minimum atomic E-state index is -3.89. The molecule has 1 amide bonds. The van der Waals surface area contributed by atoms with Gasteiger partial charge in [0.05, 0.1) is 0 Å². The Hall–Kier alpha value is -2.25. The number of anilines is 1. The average Bonchev–Trinajstić information content (AvgIpc) is 2.75. The lowest BCUT2D eigenvalue weighted by atomic mass is 9.96. The smallest absolute Gasteiger partial charge is 0.245 e. The van der Waals surface area contributed by atoms with Gasteiger partial charge in [0.25, 0.3) is 0 Å². The number of nitrogens with zero attached hydrogens (tertiary/aromatic N) is 2. The van der Waals surface area contributed by atoms with Crippen molar-refractivity contribution in [2.24, 2.45) is 5.92 Å². The summed E-state index contributed by atoms with van der Waals surface area (Å²) in [5.74, 6) is -0.952. The number of unbranched alkanes of at least 4 members (excludes halogenated alkanes) is 1. The molecular formula is C22H27FN2O3S. The van der Waals surface area contributed by atoms with Crippen LogP contribution >= 0.6 is 0 Å². The minimum absolute atomic E-state index is 0.0348. The molecule has 5 nitrogen and oxygen atoms in total. The number of carbonyl (C=O) groups excluding carboxylic acids is 1. The van der Waals surface area contributed by atoms with Gasteiger partial charge in [-0.05, 0) is 43.5 Å². The first-order valence-electron chi connectivity index (χ1n) is 10.1. The van der Waals surface area contributed by atoms with Gasteiger partial charge in [0, 0.05) is 31.2 Å². The van der Waals surface area contributed by atoms with E-state index >= 15 is 0 Å². The molecule has 0 saturated carbocycles. The second-order valence-corrected chi connectivity index (χ2v) is 9.19. The average molecular weight is 419 g/mol. The molecular weight excluding hydrogens is 391 g/mol. The molecule has 2 aromatic rings. The van der Waals surface area contributed by atoms with Gasteiger partial charge in [-0.1, -0.05) is 43.7 Å². The SMILES string of the molecule is CCCCN(C(=O)C1CCN(S(=O)(=O)c2ccccc2F)CC1)c1ccccc1. The maximum absolute atomic E-state index is 14.0. The van der Waals surface area contributed by atoms with Crippen LogP contribution in [-0.4, -0.2) is 38.3 Å². The first-order valence-corrected chi connectivity index (χ1v) is 11.5. The normalized spacial score (nSPS) is 15.9. The van der Waals surface area contributed by atoms with Crippen molar-refractivity contribution >= 4 is 21.6 Å². The Morgan fingerprint density at radius 3 is 2.31 bits per heavy atom. The molecule has 0 aliphatic carbocycles. The van der Waals surface area contributed by atoms with E-state index in [1.54, 1.807) is 0 Å². The highest BCUT2D eigenvalue weighted by molar-refractivity contribution is 7.89. The third kappa shape index (κ3) is 4.85. The molecule has 0 spiro atoms. The van der Waals surface area contributed by atoms with Crippen molar-refractivity contribution in [2.45, 2.75) is 37.5 Å². The van der Waals surface area contributed by atoms with E-state index in [1.807, 2.05) is 35.2 Å². The van der Waals surface area contributed by atoms with Gasteiger partial charge in [0.15, 0.2) is 0 Å². The van der Waals surface area contributed by atoms with Gasteiger partial charge in [-0.2, -0.15) is 4.31 Å². The van der Waals surface area contributed by atoms with Crippen molar-refractivity contribution in [1.82, 2.24) is 4.31 Å². The fraction of sp³-hybridized carbons (Fsp3) is 0.409. The summed E-state index contributed by atoms with van der Waals surface area (Å²) in [5, 5.41) is 0. The Labute approximate surface area is 172 Å². The highest BCUT2D eigenvalue weighted by Gasteiger charge is 2.35. The van der Waals surface area contributed by atoms with E-state index in [-0.39, 0.29) is 29.8 Å². The van der Waals surface area contributed by atoms with E-state index in [1.165, 1.54) is 22.5 Å². The monoisotopic (exact) mass is 418 g/mol. The van der Waals surface area contributed by atoms with Crippen LogP contribution in [0.2, 0.25) is 0 Å². The first-order chi connectivity index (χ1) is 13.9. The maximum atomic E-state index is 14.0. The van der Waals surface area contributed by atoms with Crippen LogP contribution in [0.15, 0.2) is 59.5 Å². The number of hydrogen-bond acceptors (Lipinski definition) is 3. The lowest BCUT2D eigenvalue weighted by Gasteiger charge is -2.34. The van der Waals surface area contributed by atoms with E-state index in [0.717, 1.165) is 24.6 Å². The Kier molecular flexibility index (Phi) is 7.03. The van der Waals surface area contributed by atoms with Crippen LogP contribution in [0.4, 0.5) is 10.1 Å². The summed E-state index contributed by atoms with van der Waals surface area (Å²) in [7, 11) is -3.89. The fourth-order valence-corrected chi connectivity index (χ4v) is 5.18. The summed E-state index contributed by atoms with van der Waals surface area (Å²) in [6, 6.07) is 15.0. The number of benzene rings is 2. The predicted molar refractivity (Wildman–Crippen MR) is 112 cm³/mol. The van der Waals surface area contributed by atoms with E-state index in [9.17, 15) is 17.6 Å². The molecule has 0 radical (unpaired) electrons. The summed E-state index contributed by atoms with van der Waals surface area (Å²) < 4.78 is 40.8. The predicted octanol–water partition coefficient (Wildman–Crippen LogP) is 4.06. The van der Waals surface area contributed by atoms with Crippen molar-refractivity contribution in [1.29, 1.82) is 0 Å². The maximum Gasteiger partial charge on any atom is 0.245 e. The van der Waals surface area contributed by atoms with Crippen LogP contribution in [0.1, 0.15) is 32.6 Å². The van der Waals surface area contributed by atoms with Crippen molar-refractivity contribution in [3.05, 3.63) is 60.4 Å². The van der Waals surface area contributed by atoms with Gasteiger partial charge in [-0.15, -0.1) is 0 Å². The Morgan fingerprint density at radius 1 is 1.07 bits per heavy atom. The summed E-state index contributed by atoms with van der Waals surface area (Å²) in [4.78, 5) is 14.7. The molecule has 1 aliphatic rings. The zero-order valence-corrected chi connectivity index (χ0v) is 17.4. The number of halogens is 1. The zero-order valence-electron chi connectivity index (χ0n) is 16.6. The molecule has 0 aromatic heterocycles. The number of carbonyl (C=O) groups is 1.